The maximum Gasteiger partial charge on any atom is 0.250 e. The number of nitrogens with one attached hydrogen (secondary N) is 1. The van der Waals surface area contributed by atoms with Crippen LogP contribution in [0.3, 0.4) is 0 Å². The van der Waals surface area contributed by atoms with Crippen LogP contribution in [0.4, 0.5) is 0 Å². The topological polar surface area (TPSA) is 88.3 Å². The van der Waals surface area contributed by atoms with Gasteiger partial charge in [-0.2, -0.15) is 4.98 Å². The lowest BCUT2D eigenvalue weighted by Crippen LogP contribution is -2.36. The number of nitrogens with zero attached hydrogens (tertiary/aromatic N) is 3. The number of hydrogen-bond donors (Lipinski definition) is 1. The summed E-state index contributed by atoms with van der Waals surface area (Å²) in [5.74, 6) is 1.12. The SMILES string of the molecule is Cc1noc([C@@H]2C[C@H](NS(=O)(=O)c3cccs3)CN2C)n1. The minimum atomic E-state index is -3.45. The number of thiophene rings is 1. The summed E-state index contributed by atoms with van der Waals surface area (Å²) in [6.07, 6.45) is 0.614. The van der Waals surface area contributed by atoms with E-state index >= 15 is 0 Å². The molecule has 0 bridgehead atoms. The Morgan fingerprint density at radius 3 is 2.95 bits per heavy atom. The Hall–Kier alpha value is -1.29. The van der Waals surface area contributed by atoms with Gasteiger partial charge in [0.1, 0.15) is 4.21 Å². The van der Waals surface area contributed by atoms with E-state index in [1.807, 2.05) is 11.9 Å². The molecule has 2 aromatic heterocycles. The normalized spacial score (nSPS) is 23.7. The van der Waals surface area contributed by atoms with E-state index in [9.17, 15) is 8.42 Å². The Kier molecular flexibility index (Phi) is 3.82. The number of hydrogen-bond acceptors (Lipinski definition) is 7. The summed E-state index contributed by atoms with van der Waals surface area (Å²) in [7, 11) is -1.53. The summed E-state index contributed by atoms with van der Waals surface area (Å²) in [6, 6.07) is 3.11. The highest BCUT2D eigenvalue weighted by Gasteiger charge is 2.36. The van der Waals surface area contributed by atoms with Crippen molar-refractivity contribution in [3.8, 4) is 0 Å². The van der Waals surface area contributed by atoms with Crippen molar-refractivity contribution in [1.29, 1.82) is 0 Å². The van der Waals surface area contributed by atoms with Gasteiger partial charge in [-0.15, -0.1) is 11.3 Å². The van der Waals surface area contributed by atoms with Gasteiger partial charge >= 0.3 is 0 Å². The van der Waals surface area contributed by atoms with Crippen LogP contribution in [-0.4, -0.2) is 43.1 Å². The molecule has 0 aliphatic carbocycles. The minimum absolute atomic E-state index is 0.0535. The second-order valence-corrected chi connectivity index (χ2v) is 8.01. The van der Waals surface area contributed by atoms with Crippen molar-refractivity contribution in [3.05, 3.63) is 29.2 Å². The van der Waals surface area contributed by atoms with Crippen molar-refractivity contribution in [2.75, 3.05) is 13.6 Å². The second-order valence-electron chi connectivity index (χ2n) is 5.12. The van der Waals surface area contributed by atoms with Gasteiger partial charge in [-0.3, -0.25) is 4.90 Å². The van der Waals surface area contributed by atoms with Crippen molar-refractivity contribution >= 4 is 21.4 Å². The summed E-state index contributed by atoms with van der Waals surface area (Å²) in [5, 5.41) is 5.54. The molecule has 0 spiro atoms. The fourth-order valence-electron chi connectivity index (χ4n) is 2.52. The Bertz CT molecular complexity index is 711. The molecule has 1 fully saturated rings. The molecule has 1 aliphatic rings. The molecule has 0 aromatic carbocycles. The lowest BCUT2D eigenvalue weighted by Gasteiger charge is -2.14. The van der Waals surface area contributed by atoms with Crippen LogP contribution in [0.25, 0.3) is 0 Å². The predicted molar refractivity (Wildman–Crippen MR) is 77.5 cm³/mol. The standard InChI is InChI=1S/C12H16N4O3S2/c1-8-13-12(19-14-8)10-6-9(7-16(10)2)15-21(17,18)11-4-3-5-20-11/h3-5,9-10,15H,6-7H2,1-2H3/t9-,10-/m0/s1. The first-order valence-corrected chi connectivity index (χ1v) is 8.88. The van der Waals surface area contributed by atoms with Gasteiger partial charge in [-0.1, -0.05) is 11.2 Å². The van der Waals surface area contributed by atoms with Gasteiger partial charge in [-0.25, -0.2) is 13.1 Å². The van der Waals surface area contributed by atoms with E-state index in [1.54, 1.807) is 24.4 Å². The Morgan fingerprint density at radius 2 is 2.33 bits per heavy atom. The van der Waals surface area contributed by atoms with E-state index in [-0.39, 0.29) is 12.1 Å². The average Bonchev–Trinajstić information content (AvgIpc) is 3.09. The molecule has 3 heterocycles. The molecule has 114 valence electrons. The summed E-state index contributed by atoms with van der Waals surface area (Å²) >= 11 is 1.21. The number of rotatable bonds is 4. The summed E-state index contributed by atoms with van der Waals surface area (Å²) < 4.78 is 32.7. The van der Waals surface area contributed by atoms with Gasteiger partial charge in [0.25, 0.3) is 0 Å². The van der Waals surface area contributed by atoms with Gasteiger partial charge < -0.3 is 4.52 Å². The Labute approximate surface area is 127 Å². The van der Waals surface area contributed by atoms with Crippen LogP contribution in [0.1, 0.15) is 24.2 Å². The van der Waals surface area contributed by atoms with Crippen molar-refractivity contribution in [1.82, 2.24) is 19.8 Å². The number of sulfonamides is 1. The van der Waals surface area contributed by atoms with E-state index in [0.29, 0.717) is 28.9 Å². The fourth-order valence-corrected chi connectivity index (χ4v) is 4.77. The van der Waals surface area contributed by atoms with E-state index < -0.39 is 10.0 Å². The van der Waals surface area contributed by atoms with E-state index in [4.69, 9.17) is 4.52 Å². The van der Waals surface area contributed by atoms with Gasteiger partial charge in [0, 0.05) is 12.6 Å². The maximum atomic E-state index is 12.2. The lowest BCUT2D eigenvalue weighted by molar-refractivity contribution is 0.244. The molecule has 1 aliphatic heterocycles. The first kappa shape index (κ1) is 14.6. The average molecular weight is 328 g/mol. The molecular weight excluding hydrogens is 312 g/mol. The monoisotopic (exact) mass is 328 g/mol. The number of aryl methyl sites for hydroxylation is 1. The second kappa shape index (κ2) is 5.48. The lowest BCUT2D eigenvalue weighted by atomic mass is 10.2. The highest BCUT2D eigenvalue weighted by Crippen LogP contribution is 2.30. The Balaban J connectivity index is 1.72. The zero-order chi connectivity index (χ0) is 15.0. The highest BCUT2D eigenvalue weighted by atomic mass is 32.2. The Morgan fingerprint density at radius 1 is 1.52 bits per heavy atom. The number of likely N-dealkylation sites (N-methyl/N-ethyl adjacent to an activating group) is 1. The van der Waals surface area contributed by atoms with Crippen LogP contribution in [0.5, 0.6) is 0 Å². The molecule has 0 saturated carbocycles. The van der Waals surface area contributed by atoms with Gasteiger partial charge in [0.05, 0.1) is 6.04 Å². The van der Waals surface area contributed by atoms with E-state index in [0.717, 1.165) is 0 Å². The first-order chi connectivity index (χ1) is 9.95. The van der Waals surface area contributed by atoms with Crippen molar-refractivity contribution < 1.29 is 12.9 Å². The molecule has 1 saturated heterocycles. The third-order valence-corrected chi connectivity index (χ3v) is 6.38. The first-order valence-electron chi connectivity index (χ1n) is 6.52. The zero-order valence-corrected chi connectivity index (χ0v) is 13.3. The zero-order valence-electron chi connectivity index (χ0n) is 11.7. The smallest absolute Gasteiger partial charge is 0.250 e. The molecule has 3 rings (SSSR count). The molecule has 2 atom stereocenters. The van der Waals surface area contributed by atoms with Crippen molar-refractivity contribution in [2.24, 2.45) is 0 Å². The molecule has 9 heteroatoms. The molecule has 2 aromatic rings. The fraction of sp³-hybridized carbons (Fsp3) is 0.500. The molecule has 0 amide bonds. The van der Waals surface area contributed by atoms with Crippen molar-refractivity contribution in [3.63, 3.8) is 0 Å². The maximum absolute atomic E-state index is 12.2. The third-order valence-electron chi connectivity index (χ3n) is 3.46. The summed E-state index contributed by atoms with van der Waals surface area (Å²) in [5.41, 5.74) is 0. The number of aromatic nitrogens is 2. The van der Waals surface area contributed by atoms with Crippen LogP contribution in [0.15, 0.2) is 26.2 Å². The van der Waals surface area contributed by atoms with Crippen molar-refractivity contribution in [2.45, 2.75) is 29.6 Å². The van der Waals surface area contributed by atoms with Crippen LogP contribution in [0.2, 0.25) is 0 Å². The molecule has 7 nitrogen and oxygen atoms in total. The predicted octanol–water partition coefficient (Wildman–Crippen LogP) is 1.16. The molecular formula is C12H16N4O3S2. The minimum Gasteiger partial charge on any atom is -0.338 e. The van der Waals surface area contributed by atoms with Gasteiger partial charge in [0.2, 0.25) is 15.9 Å². The van der Waals surface area contributed by atoms with E-state index in [2.05, 4.69) is 14.9 Å². The number of likely N-dealkylation sites (tertiary alicyclic amines) is 1. The van der Waals surface area contributed by atoms with Crippen LogP contribution in [0, 0.1) is 6.92 Å². The van der Waals surface area contributed by atoms with Gasteiger partial charge in [-0.05, 0) is 31.8 Å². The molecule has 1 N–H and O–H groups in total. The molecule has 21 heavy (non-hydrogen) atoms. The highest BCUT2D eigenvalue weighted by molar-refractivity contribution is 7.91. The third kappa shape index (κ3) is 3.00. The van der Waals surface area contributed by atoms with Gasteiger partial charge in [0.15, 0.2) is 5.82 Å². The van der Waals surface area contributed by atoms with Crippen LogP contribution in [-0.2, 0) is 10.0 Å². The molecule has 0 unspecified atom stereocenters. The molecule has 0 radical (unpaired) electrons. The van der Waals surface area contributed by atoms with E-state index in [1.165, 1.54) is 11.3 Å². The van der Waals surface area contributed by atoms with Crippen LogP contribution >= 0.6 is 11.3 Å². The summed E-state index contributed by atoms with van der Waals surface area (Å²) in [6.45, 7) is 2.37. The largest absolute Gasteiger partial charge is 0.338 e. The quantitative estimate of drug-likeness (QED) is 0.906. The summed E-state index contributed by atoms with van der Waals surface area (Å²) in [4.78, 5) is 6.25. The van der Waals surface area contributed by atoms with Crippen LogP contribution < -0.4 is 4.72 Å².